The van der Waals surface area contributed by atoms with E-state index < -0.39 is 23.0 Å². The van der Waals surface area contributed by atoms with Crippen LogP contribution in [0.2, 0.25) is 5.02 Å². The Morgan fingerprint density at radius 2 is 1.97 bits per heavy atom. The lowest BCUT2D eigenvalue weighted by molar-refractivity contribution is -0.129. The first-order valence-corrected chi connectivity index (χ1v) is 10.5. The van der Waals surface area contributed by atoms with Crippen molar-refractivity contribution >= 4 is 23.4 Å². The van der Waals surface area contributed by atoms with Crippen LogP contribution in [0, 0.1) is 5.82 Å². The number of carbonyl (C=O) groups excluding carboxylic acids is 2. The molecule has 3 fully saturated rings. The molecular weight excluding hydrogens is 425 g/mol. The molecule has 3 aliphatic rings. The third kappa shape index (κ3) is 4.50. The Labute approximate surface area is 184 Å². The number of nitrogens with zero attached hydrogens (tertiary/aromatic N) is 1. The number of hydrogen-bond donors (Lipinski definition) is 3. The van der Waals surface area contributed by atoms with Crippen molar-refractivity contribution in [3.63, 3.8) is 0 Å². The Bertz CT molecular complexity index is 980. The minimum absolute atomic E-state index is 0.0206. The van der Waals surface area contributed by atoms with E-state index in [1.165, 1.54) is 12.1 Å². The SMILES string of the molecule is O=C(COc1ccc(Cl)c(F)c1)NC12CCC(NC(=O)c3ccccn3)(CC1)[C@H](O)C2. The molecule has 0 aliphatic heterocycles. The van der Waals surface area contributed by atoms with Gasteiger partial charge in [-0.2, -0.15) is 0 Å². The summed E-state index contributed by atoms with van der Waals surface area (Å²) in [5, 5.41) is 16.8. The van der Waals surface area contributed by atoms with Gasteiger partial charge in [0.05, 0.1) is 16.7 Å². The van der Waals surface area contributed by atoms with Gasteiger partial charge in [0.2, 0.25) is 0 Å². The molecule has 31 heavy (non-hydrogen) atoms. The number of fused-ring (bicyclic) bond motifs is 3. The highest BCUT2D eigenvalue weighted by Gasteiger charge is 2.55. The standard InChI is InChI=1S/C22H23ClFN3O4/c23-15-5-4-14(11-16(15)24)31-13-19(29)26-21-6-8-22(9-7-21,18(28)12-21)27-20(30)17-3-1-2-10-25-17/h1-5,10-11,18,28H,6-9,12-13H2,(H,26,29)(H,27,30)/t18-,21?,22?/m1/s1. The molecule has 2 bridgehead atoms. The van der Waals surface area contributed by atoms with Gasteiger partial charge in [0.1, 0.15) is 17.3 Å². The number of benzene rings is 1. The van der Waals surface area contributed by atoms with Crippen molar-refractivity contribution in [1.29, 1.82) is 0 Å². The summed E-state index contributed by atoms with van der Waals surface area (Å²) in [6, 6.07) is 9.06. The van der Waals surface area contributed by atoms with E-state index in [4.69, 9.17) is 16.3 Å². The van der Waals surface area contributed by atoms with E-state index in [0.717, 1.165) is 6.07 Å². The van der Waals surface area contributed by atoms with Gasteiger partial charge in [0.15, 0.2) is 6.61 Å². The molecule has 5 rings (SSSR count). The Hall–Kier alpha value is -2.71. The second-order valence-electron chi connectivity index (χ2n) is 8.24. The van der Waals surface area contributed by atoms with Crippen molar-refractivity contribution in [2.75, 3.05) is 6.61 Å². The van der Waals surface area contributed by atoms with Crippen LogP contribution in [0.5, 0.6) is 5.75 Å². The van der Waals surface area contributed by atoms with Gasteiger partial charge in [-0.05, 0) is 56.4 Å². The van der Waals surface area contributed by atoms with Crippen LogP contribution < -0.4 is 15.4 Å². The molecule has 1 aromatic heterocycles. The molecule has 0 spiro atoms. The fourth-order valence-corrected chi connectivity index (χ4v) is 4.61. The molecule has 2 amide bonds. The Morgan fingerprint density at radius 3 is 2.61 bits per heavy atom. The predicted octanol–water partition coefficient (Wildman–Crippen LogP) is 2.62. The fourth-order valence-electron chi connectivity index (χ4n) is 4.50. The molecule has 3 saturated carbocycles. The summed E-state index contributed by atoms with van der Waals surface area (Å²) < 4.78 is 18.9. The monoisotopic (exact) mass is 447 g/mol. The second-order valence-corrected chi connectivity index (χ2v) is 8.65. The zero-order chi connectivity index (χ0) is 22.1. The summed E-state index contributed by atoms with van der Waals surface area (Å²) in [7, 11) is 0. The molecule has 2 aromatic rings. The summed E-state index contributed by atoms with van der Waals surface area (Å²) in [6.07, 6.45) is 3.39. The third-order valence-electron chi connectivity index (χ3n) is 6.25. The zero-order valence-corrected chi connectivity index (χ0v) is 17.5. The summed E-state index contributed by atoms with van der Waals surface area (Å²) in [5.41, 5.74) is -0.975. The van der Waals surface area contributed by atoms with Gasteiger partial charge in [0.25, 0.3) is 11.8 Å². The van der Waals surface area contributed by atoms with Crippen LogP contribution in [0.1, 0.15) is 42.6 Å². The summed E-state index contributed by atoms with van der Waals surface area (Å²) in [6.45, 7) is -0.277. The van der Waals surface area contributed by atoms with Crippen LogP contribution in [-0.4, -0.2) is 45.7 Å². The maximum atomic E-state index is 13.5. The number of pyridine rings is 1. The molecule has 3 N–H and O–H groups in total. The lowest BCUT2D eigenvalue weighted by Gasteiger charge is -2.56. The number of nitrogens with one attached hydrogen (secondary N) is 2. The average molecular weight is 448 g/mol. The molecule has 164 valence electrons. The Kier molecular flexibility index (Phi) is 5.85. The number of amides is 2. The second kappa shape index (κ2) is 8.43. The van der Waals surface area contributed by atoms with E-state index in [-0.39, 0.29) is 29.2 Å². The first kappa shape index (κ1) is 21.5. The molecule has 1 heterocycles. The van der Waals surface area contributed by atoms with E-state index in [0.29, 0.717) is 37.8 Å². The van der Waals surface area contributed by atoms with E-state index in [1.807, 2.05) is 0 Å². The molecular formula is C22H23ClFN3O4. The van der Waals surface area contributed by atoms with Crippen molar-refractivity contribution in [2.24, 2.45) is 0 Å². The molecule has 3 aliphatic carbocycles. The van der Waals surface area contributed by atoms with E-state index in [2.05, 4.69) is 15.6 Å². The number of aliphatic hydroxyl groups excluding tert-OH is 1. The number of aliphatic hydroxyl groups is 1. The summed E-state index contributed by atoms with van der Waals surface area (Å²) >= 11 is 5.64. The van der Waals surface area contributed by atoms with Crippen LogP contribution >= 0.6 is 11.6 Å². The van der Waals surface area contributed by atoms with Crippen molar-refractivity contribution in [1.82, 2.24) is 15.6 Å². The van der Waals surface area contributed by atoms with Crippen LogP contribution in [-0.2, 0) is 4.79 Å². The average Bonchev–Trinajstić information content (AvgIpc) is 2.76. The number of carbonyl (C=O) groups is 2. The summed E-state index contributed by atoms with van der Waals surface area (Å²) in [5.74, 6) is -1.08. The number of ether oxygens (including phenoxy) is 1. The van der Waals surface area contributed by atoms with E-state index >= 15 is 0 Å². The topological polar surface area (TPSA) is 101 Å². The highest BCUT2D eigenvalue weighted by atomic mass is 35.5. The van der Waals surface area contributed by atoms with Gasteiger partial charge in [-0.1, -0.05) is 17.7 Å². The molecule has 0 unspecified atom stereocenters. The zero-order valence-electron chi connectivity index (χ0n) is 16.7. The van der Waals surface area contributed by atoms with Gasteiger partial charge in [-0.25, -0.2) is 4.39 Å². The van der Waals surface area contributed by atoms with Crippen molar-refractivity contribution in [2.45, 2.75) is 49.3 Å². The van der Waals surface area contributed by atoms with Crippen LogP contribution in [0.3, 0.4) is 0 Å². The third-order valence-corrected chi connectivity index (χ3v) is 6.55. The van der Waals surface area contributed by atoms with Crippen molar-refractivity contribution in [3.8, 4) is 5.75 Å². The quantitative estimate of drug-likeness (QED) is 0.632. The molecule has 1 atom stereocenters. The summed E-state index contributed by atoms with van der Waals surface area (Å²) in [4.78, 5) is 29.1. The highest BCUT2D eigenvalue weighted by molar-refractivity contribution is 6.30. The first-order chi connectivity index (χ1) is 14.8. The van der Waals surface area contributed by atoms with Crippen molar-refractivity contribution in [3.05, 3.63) is 59.1 Å². The predicted molar refractivity (Wildman–Crippen MR) is 111 cm³/mol. The molecule has 7 nitrogen and oxygen atoms in total. The minimum Gasteiger partial charge on any atom is -0.484 e. The molecule has 0 radical (unpaired) electrons. The molecule has 1 aromatic carbocycles. The Balaban J connectivity index is 1.34. The fraction of sp³-hybridized carbons (Fsp3) is 0.409. The minimum atomic E-state index is -0.797. The smallest absolute Gasteiger partial charge is 0.270 e. The maximum Gasteiger partial charge on any atom is 0.270 e. The van der Waals surface area contributed by atoms with E-state index in [1.54, 1.807) is 24.4 Å². The van der Waals surface area contributed by atoms with Gasteiger partial charge in [-0.15, -0.1) is 0 Å². The molecule has 0 saturated heterocycles. The normalized spacial score (nSPS) is 26.9. The van der Waals surface area contributed by atoms with Gasteiger partial charge in [0, 0.05) is 17.8 Å². The van der Waals surface area contributed by atoms with E-state index in [9.17, 15) is 19.1 Å². The van der Waals surface area contributed by atoms with Crippen LogP contribution in [0.25, 0.3) is 0 Å². The lowest BCUT2D eigenvalue weighted by atomic mass is 9.60. The van der Waals surface area contributed by atoms with Crippen LogP contribution in [0.15, 0.2) is 42.6 Å². The van der Waals surface area contributed by atoms with Crippen LogP contribution in [0.4, 0.5) is 4.39 Å². The van der Waals surface area contributed by atoms with Crippen molar-refractivity contribution < 1.29 is 23.8 Å². The largest absolute Gasteiger partial charge is 0.484 e. The maximum absolute atomic E-state index is 13.5. The van der Waals surface area contributed by atoms with Gasteiger partial charge >= 0.3 is 0 Å². The highest BCUT2D eigenvalue weighted by Crippen LogP contribution is 2.47. The lowest BCUT2D eigenvalue weighted by Crippen LogP contribution is -2.70. The number of hydrogen-bond acceptors (Lipinski definition) is 5. The number of halogens is 2. The number of aromatic nitrogens is 1. The number of rotatable bonds is 6. The van der Waals surface area contributed by atoms with Gasteiger partial charge in [-0.3, -0.25) is 14.6 Å². The first-order valence-electron chi connectivity index (χ1n) is 10.1. The molecule has 9 heteroatoms. The Morgan fingerprint density at radius 1 is 1.19 bits per heavy atom. The van der Waals surface area contributed by atoms with Gasteiger partial charge < -0.3 is 20.5 Å².